The molecule has 21 heavy (non-hydrogen) atoms. The molecule has 3 rings (SSSR count). The summed E-state index contributed by atoms with van der Waals surface area (Å²) in [7, 11) is 1.93. The quantitative estimate of drug-likeness (QED) is 0.830. The van der Waals surface area contributed by atoms with E-state index in [1.165, 1.54) is 51.9 Å². The number of nitrogens with zero attached hydrogens (tertiary/aromatic N) is 5. The predicted molar refractivity (Wildman–Crippen MR) is 83.1 cm³/mol. The highest BCUT2D eigenvalue weighted by Crippen LogP contribution is 2.24. The van der Waals surface area contributed by atoms with Crippen molar-refractivity contribution in [2.75, 3.05) is 39.8 Å². The van der Waals surface area contributed by atoms with Gasteiger partial charge < -0.3 is 5.32 Å². The van der Waals surface area contributed by atoms with E-state index in [9.17, 15) is 0 Å². The van der Waals surface area contributed by atoms with Crippen molar-refractivity contribution in [2.45, 2.75) is 44.8 Å². The lowest BCUT2D eigenvalue weighted by Gasteiger charge is -2.38. The minimum Gasteiger partial charge on any atom is -0.314 e. The van der Waals surface area contributed by atoms with E-state index in [-0.39, 0.29) is 0 Å². The average molecular weight is 292 g/mol. The smallest absolute Gasteiger partial charge is 0.0964 e. The van der Waals surface area contributed by atoms with Crippen LogP contribution >= 0.6 is 0 Å². The third-order valence-electron chi connectivity index (χ3n) is 4.84. The fourth-order valence-corrected chi connectivity index (χ4v) is 3.58. The largest absolute Gasteiger partial charge is 0.314 e. The van der Waals surface area contributed by atoms with Gasteiger partial charge in [0.25, 0.3) is 0 Å². The zero-order valence-electron chi connectivity index (χ0n) is 13.2. The van der Waals surface area contributed by atoms with Gasteiger partial charge in [0.15, 0.2) is 0 Å². The number of aromatic nitrogens is 3. The van der Waals surface area contributed by atoms with Crippen LogP contribution in [0.25, 0.3) is 0 Å². The molecule has 6 heteroatoms. The fraction of sp³-hybridized carbons (Fsp3) is 0.867. The maximum Gasteiger partial charge on any atom is 0.0964 e. The Labute approximate surface area is 127 Å². The molecule has 0 atom stereocenters. The van der Waals surface area contributed by atoms with Gasteiger partial charge >= 0.3 is 0 Å². The summed E-state index contributed by atoms with van der Waals surface area (Å²) in [5, 5.41) is 11.4. The van der Waals surface area contributed by atoms with Crippen molar-refractivity contribution in [1.82, 2.24) is 30.1 Å². The zero-order valence-corrected chi connectivity index (χ0v) is 13.2. The number of nitrogens with one attached hydrogen (secondary N) is 1. The second-order valence-corrected chi connectivity index (χ2v) is 6.32. The topological polar surface area (TPSA) is 49.2 Å². The molecule has 1 saturated heterocycles. The van der Waals surface area contributed by atoms with Gasteiger partial charge in [0.1, 0.15) is 0 Å². The molecule has 1 saturated carbocycles. The Kier molecular flexibility index (Phi) is 5.22. The first-order valence-electron chi connectivity index (χ1n) is 8.35. The maximum absolute atomic E-state index is 4.19. The summed E-state index contributed by atoms with van der Waals surface area (Å²) < 4.78 is 1.97. The molecule has 2 aliphatic rings. The molecule has 1 aliphatic carbocycles. The summed E-state index contributed by atoms with van der Waals surface area (Å²) >= 11 is 0. The van der Waals surface area contributed by atoms with Crippen molar-refractivity contribution >= 4 is 0 Å². The van der Waals surface area contributed by atoms with E-state index in [0.717, 1.165) is 31.4 Å². The molecule has 0 aromatic carbocycles. The van der Waals surface area contributed by atoms with Crippen LogP contribution < -0.4 is 5.32 Å². The number of rotatable bonds is 6. The SMILES string of the molecule is CNCc1cn(CCN2CCN(C3CCCC3)CC2)nn1. The molecule has 0 spiro atoms. The summed E-state index contributed by atoms with van der Waals surface area (Å²) in [4.78, 5) is 5.27. The van der Waals surface area contributed by atoms with Gasteiger partial charge in [-0.3, -0.25) is 14.5 Å². The molecule has 2 fully saturated rings. The Morgan fingerprint density at radius 2 is 1.90 bits per heavy atom. The highest BCUT2D eigenvalue weighted by Gasteiger charge is 2.25. The minimum absolute atomic E-state index is 0.792. The molecule has 0 bridgehead atoms. The molecule has 1 aromatic rings. The monoisotopic (exact) mass is 292 g/mol. The number of hydrogen-bond acceptors (Lipinski definition) is 5. The molecule has 0 unspecified atom stereocenters. The van der Waals surface area contributed by atoms with E-state index >= 15 is 0 Å². The molecular weight excluding hydrogens is 264 g/mol. The second-order valence-electron chi connectivity index (χ2n) is 6.32. The summed E-state index contributed by atoms with van der Waals surface area (Å²) in [5.41, 5.74) is 1.02. The van der Waals surface area contributed by atoms with Gasteiger partial charge in [-0.05, 0) is 19.9 Å². The van der Waals surface area contributed by atoms with E-state index in [1.807, 2.05) is 17.9 Å². The highest BCUT2D eigenvalue weighted by molar-refractivity contribution is 4.91. The Bertz CT molecular complexity index is 418. The zero-order chi connectivity index (χ0) is 14.5. The van der Waals surface area contributed by atoms with Gasteiger partial charge in [0.05, 0.1) is 12.2 Å². The van der Waals surface area contributed by atoms with Gasteiger partial charge in [-0.2, -0.15) is 0 Å². The molecule has 1 aromatic heterocycles. The Morgan fingerprint density at radius 3 is 2.62 bits per heavy atom. The summed E-state index contributed by atoms with van der Waals surface area (Å²) in [6.07, 6.45) is 7.77. The lowest BCUT2D eigenvalue weighted by atomic mass is 10.2. The van der Waals surface area contributed by atoms with Crippen molar-refractivity contribution in [2.24, 2.45) is 0 Å². The van der Waals surface area contributed by atoms with Gasteiger partial charge in [-0.15, -0.1) is 5.10 Å². The van der Waals surface area contributed by atoms with Crippen molar-refractivity contribution in [3.8, 4) is 0 Å². The average Bonchev–Trinajstić information content (AvgIpc) is 3.18. The maximum atomic E-state index is 4.19. The third-order valence-corrected chi connectivity index (χ3v) is 4.84. The first-order valence-corrected chi connectivity index (χ1v) is 8.35. The minimum atomic E-state index is 0.792. The molecule has 1 N–H and O–H groups in total. The van der Waals surface area contributed by atoms with Crippen molar-refractivity contribution < 1.29 is 0 Å². The van der Waals surface area contributed by atoms with Crippen LogP contribution in [0, 0.1) is 0 Å². The van der Waals surface area contributed by atoms with Crippen LogP contribution in [0.1, 0.15) is 31.4 Å². The highest BCUT2D eigenvalue weighted by atomic mass is 15.4. The lowest BCUT2D eigenvalue weighted by molar-refractivity contribution is 0.0949. The Morgan fingerprint density at radius 1 is 1.14 bits per heavy atom. The van der Waals surface area contributed by atoms with Gasteiger partial charge in [0, 0.05) is 51.5 Å². The molecule has 118 valence electrons. The van der Waals surface area contributed by atoms with E-state index < -0.39 is 0 Å². The molecular formula is C15H28N6. The van der Waals surface area contributed by atoms with Crippen LogP contribution in [0.2, 0.25) is 0 Å². The molecule has 6 nitrogen and oxygen atoms in total. The lowest BCUT2D eigenvalue weighted by Crippen LogP contribution is -2.50. The van der Waals surface area contributed by atoms with Crippen molar-refractivity contribution in [1.29, 1.82) is 0 Å². The molecule has 2 heterocycles. The number of hydrogen-bond donors (Lipinski definition) is 1. The first kappa shape index (κ1) is 14.9. The van der Waals surface area contributed by atoms with E-state index in [0.29, 0.717) is 0 Å². The van der Waals surface area contributed by atoms with Crippen LogP contribution in [0.3, 0.4) is 0 Å². The first-order chi connectivity index (χ1) is 10.3. The Hall–Kier alpha value is -0.980. The van der Waals surface area contributed by atoms with Gasteiger partial charge in [0.2, 0.25) is 0 Å². The normalized spacial score (nSPS) is 22.1. The fourth-order valence-electron chi connectivity index (χ4n) is 3.58. The molecule has 0 radical (unpaired) electrons. The molecule has 1 aliphatic heterocycles. The van der Waals surface area contributed by atoms with Crippen LogP contribution in [0.4, 0.5) is 0 Å². The third kappa shape index (κ3) is 4.02. The van der Waals surface area contributed by atoms with Gasteiger partial charge in [-0.25, -0.2) is 0 Å². The number of piperazine rings is 1. The predicted octanol–water partition coefficient (Wildman–Crippen LogP) is 0.558. The van der Waals surface area contributed by atoms with E-state index in [1.54, 1.807) is 0 Å². The van der Waals surface area contributed by atoms with E-state index in [2.05, 4.69) is 25.4 Å². The standard InChI is InChI=1S/C15H28N6/c1-16-12-14-13-21(18-17-14)11-8-19-6-9-20(10-7-19)15-4-2-3-5-15/h13,15-16H,2-12H2,1H3. The van der Waals surface area contributed by atoms with Crippen molar-refractivity contribution in [3.05, 3.63) is 11.9 Å². The Balaban J connectivity index is 1.38. The van der Waals surface area contributed by atoms with Crippen LogP contribution in [-0.2, 0) is 13.1 Å². The summed E-state index contributed by atoms with van der Waals surface area (Å²) in [5.74, 6) is 0. The van der Waals surface area contributed by atoms with Gasteiger partial charge in [-0.1, -0.05) is 18.1 Å². The van der Waals surface area contributed by atoms with Crippen LogP contribution in [-0.4, -0.2) is 70.6 Å². The second kappa shape index (κ2) is 7.33. The van der Waals surface area contributed by atoms with Crippen LogP contribution in [0.5, 0.6) is 0 Å². The summed E-state index contributed by atoms with van der Waals surface area (Å²) in [6, 6.07) is 0.881. The van der Waals surface area contributed by atoms with Crippen molar-refractivity contribution in [3.63, 3.8) is 0 Å². The van der Waals surface area contributed by atoms with Crippen LogP contribution in [0.15, 0.2) is 6.20 Å². The molecule has 0 amide bonds. The summed E-state index contributed by atoms with van der Waals surface area (Å²) in [6.45, 7) is 7.71. The van der Waals surface area contributed by atoms with E-state index in [4.69, 9.17) is 0 Å².